The van der Waals surface area contributed by atoms with Crippen molar-refractivity contribution in [1.82, 2.24) is 19.8 Å². The summed E-state index contributed by atoms with van der Waals surface area (Å²) in [5, 5.41) is 8.31. The first-order chi connectivity index (χ1) is 16.8. The zero-order valence-corrected chi connectivity index (χ0v) is 19.3. The van der Waals surface area contributed by atoms with Gasteiger partial charge >= 0.3 is 0 Å². The second kappa shape index (κ2) is 9.40. The molecule has 11 nitrogen and oxygen atoms in total. The van der Waals surface area contributed by atoms with Gasteiger partial charge < -0.3 is 14.3 Å². The van der Waals surface area contributed by atoms with E-state index in [-0.39, 0.29) is 5.82 Å². The molecule has 0 bridgehead atoms. The average molecular weight is 492 g/mol. The average Bonchev–Trinajstić information content (AvgIpc) is 3.48. The van der Waals surface area contributed by atoms with Crippen molar-refractivity contribution >= 4 is 19.3 Å². The molecule has 5 rings (SSSR count). The maximum atomic E-state index is 10.9. The molecule has 35 heavy (non-hydrogen) atoms. The third-order valence-corrected chi connectivity index (χ3v) is 5.89. The first kappa shape index (κ1) is 22.9. The zero-order chi connectivity index (χ0) is 24.4. The van der Waals surface area contributed by atoms with E-state index < -0.39 is 14.6 Å². The molecule has 0 fully saturated rings. The maximum absolute atomic E-state index is 10.9. The van der Waals surface area contributed by atoms with Crippen LogP contribution in [0.25, 0.3) is 17.0 Å². The van der Waals surface area contributed by atoms with Gasteiger partial charge in [0.05, 0.1) is 11.9 Å². The quantitative estimate of drug-likeness (QED) is 0.244. The number of phosphoric ester groups is 1. The Morgan fingerprint density at radius 1 is 1.11 bits per heavy atom. The van der Waals surface area contributed by atoms with Gasteiger partial charge in [0.1, 0.15) is 11.9 Å². The molecule has 1 atom stereocenters. The summed E-state index contributed by atoms with van der Waals surface area (Å²) >= 11 is 0. The van der Waals surface area contributed by atoms with Crippen LogP contribution in [0.1, 0.15) is 22.4 Å². The molecular weight excluding hydrogens is 471 g/mol. The molecule has 0 aliphatic heterocycles. The monoisotopic (exact) mass is 492 g/mol. The third-order valence-electron chi connectivity index (χ3n) is 5.45. The summed E-state index contributed by atoms with van der Waals surface area (Å²) in [6.07, 6.45) is 6.37. The number of nitrogen functional groups attached to an aromatic ring is 1. The van der Waals surface area contributed by atoms with E-state index in [0.717, 1.165) is 28.9 Å². The van der Waals surface area contributed by atoms with Gasteiger partial charge in [0.25, 0.3) is 13.6 Å². The largest absolute Gasteiger partial charge is 0.756 e. The van der Waals surface area contributed by atoms with E-state index in [1.165, 1.54) is 22.7 Å². The Morgan fingerprint density at radius 2 is 1.86 bits per heavy atom. The van der Waals surface area contributed by atoms with Crippen LogP contribution in [0.4, 0.5) is 5.82 Å². The molecule has 12 heteroatoms. The summed E-state index contributed by atoms with van der Waals surface area (Å²) in [5.74, 6) is 0.637. The number of anilines is 1. The molecular formula is C23H21N6O5P. The summed E-state index contributed by atoms with van der Waals surface area (Å²) in [4.78, 5) is 23.8. The SMILES string of the molecule is Nc1c(-c2cc(Cc3ccc(Cc4ccc5ncnn5c4)cc3)no2)ccc[n+]1COP(=O)([O-])O. The number of rotatable bonds is 8. The Bertz CT molecular complexity index is 1530. The van der Waals surface area contributed by atoms with Crippen LogP contribution in [0.5, 0.6) is 0 Å². The molecule has 3 N–H and O–H groups in total. The highest BCUT2D eigenvalue weighted by molar-refractivity contribution is 7.44. The molecule has 0 aliphatic rings. The molecule has 4 aromatic heterocycles. The number of hydrogen-bond donors (Lipinski definition) is 2. The van der Waals surface area contributed by atoms with Crippen LogP contribution in [0.3, 0.4) is 0 Å². The topological polar surface area (TPSA) is 156 Å². The lowest BCUT2D eigenvalue weighted by atomic mass is 10.0. The lowest BCUT2D eigenvalue weighted by Gasteiger charge is -2.14. The number of nitrogens with zero attached hydrogens (tertiary/aromatic N) is 5. The van der Waals surface area contributed by atoms with Crippen LogP contribution in [-0.2, 0) is 28.7 Å². The highest BCUT2D eigenvalue weighted by Gasteiger charge is 2.18. The summed E-state index contributed by atoms with van der Waals surface area (Å²) in [6, 6.07) is 17.4. The maximum Gasteiger partial charge on any atom is 0.285 e. The van der Waals surface area contributed by atoms with Gasteiger partial charge in [-0.05, 0) is 41.3 Å². The fourth-order valence-electron chi connectivity index (χ4n) is 3.73. The van der Waals surface area contributed by atoms with E-state index >= 15 is 0 Å². The molecule has 1 aromatic carbocycles. The van der Waals surface area contributed by atoms with Crippen LogP contribution in [0.15, 0.2) is 77.8 Å². The summed E-state index contributed by atoms with van der Waals surface area (Å²) in [6.45, 7) is -0.461. The molecule has 0 saturated heterocycles. The fourth-order valence-corrected chi connectivity index (χ4v) is 4.00. The fraction of sp³-hybridized carbons (Fsp3) is 0.130. The second-order valence-corrected chi connectivity index (χ2v) is 9.15. The van der Waals surface area contributed by atoms with E-state index in [0.29, 0.717) is 17.7 Å². The summed E-state index contributed by atoms with van der Waals surface area (Å²) in [5.41, 5.74) is 11.6. The Balaban J connectivity index is 1.26. The number of benzene rings is 1. The molecule has 0 aliphatic carbocycles. The summed E-state index contributed by atoms with van der Waals surface area (Å²) < 4.78 is 23.9. The van der Waals surface area contributed by atoms with E-state index in [4.69, 9.17) is 15.2 Å². The van der Waals surface area contributed by atoms with E-state index in [9.17, 15) is 9.46 Å². The molecule has 4 heterocycles. The number of aromatic nitrogens is 5. The minimum atomic E-state index is -4.87. The van der Waals surface area contributed by atoms with Gasteiger partial charge in [-0.1, -0.05) is 35.5 Å². The Kier molecular flexibility index (Phi) is 6.14. The summed E-state index contributed by atoms with van der Waals surface area (Å²) in [7, 11) is -4.87. The molecule has 0 spiro atoms. The van der Waals surface area contributed by atoms with Gasteiger partial charge in [0.2, 0.25) is 0 Å². The van der Waals surface area contributed by atoms with Gasteiger partial charge in [-0.15, -0.1) is 0 Å². The second-order valence-electron chi connectivity index (χ2n) is 7.96. The van der Waals surface area contributed by atoms with Crippen molar-refractivity contribution in [3.63, 3.8) is 0 Å². The van der Waals surface area contributed by atoms with Crippen LogP contribution < -0.4 is 15.2 Å². The molecule has 0 amide bonds. The molecule has 0 radical (unpaired) electrons. The highest BCUT2D eigenvalue weighted by Crippen LogP contribution is 2.30. The normalized spacial score (nSPS) is 13.2. The van der Waals surface area contributed by atoms with Crippen molar-refractivity contribution in [1.29, 1.82) is 0 Å². The number of nitrogens with two attached hydrogens (primary N) is 1. The van der Waals surface area contributed by atoms with Gasteiger partial charge in [-0.3, -0.25) is 14.8 Å². The Hall–Kier alpha value is -3.89. The molecule has 178 valence electrons. The number of pyridine rings is 2. The lowest BCUT2D eigenvalue weighted by molar-refractivity contribution is -0.712. The predicted molar refractivity (Wildman–Crippen MR) is 122 cm³/mol. The Morgan fingerprint density at radius 3 is 2.63 bits per heavy atom. The van der Waals surface area contributed by atoms with Crippen molar-refractivity contribution in [3.8, 4) is 11.3 Å². The smallest absolute Gasteiger partial charge is 0.285 e. The standard InChI is InChI=1S/C23H21N6O5P/c24-23-20(2-1-9-28(23)15-33-35(30,31)32)21-12-19(27-34-21)11-17-5-3-16(4-6-17)10-18-7-8-22-25-14-26-29(22)13-18/h1-9,12-14,24H,10-11,15H2,(H2,30,31,32). The number of hydrogen-bond acceptors (Lipinski definition) is 8. The van der Waals surface area contributed by atoms with Crippen LogP contribution in [0, 0.1) is 0 Å². The third kappa shape index (κ3) is 5.44. The van der Waals surface area contributed by atoms with Crippen LogP contribution >= 0.6 is 7.82 Å². The van der Waals surface area contributed by atoms with E-state index in [1.54, 1.807) is 22.7 Å². The van der Waals surface area contributed by atoms with Gasteiger partial charge in [0, 0.05) is 18.7 Å². The molecule has 0 saturated carbocycles. The van der Waals surface area contributed by atoms with E-state index in [2.05, 4.69) is 44.0 Å². The zero-order valence-electron chi connectivity index (χ0n) is 18.4. The van der Waals surface area contributed by atoms with Crippen LogP contribution in [-0.4, -0.2) is 24.6 Å². The minimum absolute atomic E-state index is 0.206. The van der Waals surface area contributed by atoms with Gasteiger partial charge in [-0.25, -0.2) is 14.1 Å². The van der Waals surface area contributed by atoms with E-state index in [1.807, 2.05) is 18.3 Å². The number of fused-ring (bicyclic) bond motifs is 1. The van der Waals surface area contributed by atoms with Gasteiger partial charge in [-0.2, -0.15) is 5.10 Å². The van der Waals surface area contributed by atoms with Crippen molar-refractivity contribution in [2.45, 2.75) is 19.6 Å². The first-order valence-electron chi connectivity index (χ1n) is 10.6. The lowest BCUT2D eigenvalue weighted by Crippen LogP contribution is -2.38. The van der Waals surface area contributed by atoms with Crippen molar-refractivity contribution in [3.05, 3.63) is 95.7 Å². The number of phosphoric acid groups is 1. The first-order valence-corrected chi connectivity index (χ1v) is 12.1. The molecule has 5 aromatic rings. The van der Waals surface area contributed by atoms with Crippen molar-refractivity contribution in [2.75, 3.05) is 5.73 Å². The highest BCUT2D eigenvalue weighted by atomic mass is 31.2. The van der Waals surface area contributed by atoms with Crippen molar-refractivity contribution in [2.24, 2.45) is 0 Å². The molecule has 1 unspecified atom stereocenters. The Labute approximate surface area is 199 Å². The predicted octanol–water partition coefficient (Wildman–Crippen LogP) is 1.87. The minimum Gasteiger partial charge on any atom is -0.756 e. The van der Waals surface area contributed by atoms with Crippen LogP contribution in [0.2, 0.25) is 0 Å². The van der Waals surface area contributed by atoms with Crippen molar-refractivity contribution < 1.29 is 28.0 Å². The van der Waals surface area contributed by atoms with Gasteiger partial charge in [0.15, 0.2) is 18.1 Å².